The van der Waals surface area contributed by atoms with Gasteiger partial charge in [0.25, 0.3) is 0 Å². The zero-order chi connectivity index (χ0) is 28.6. The van der Waals surface area contributed by atoms with Gasteiger partial charge in [-0.3, -0.25) is 9.98 Å². The fourth-order valence-electron chi connectivity index (χ4n) is 4.02. The van der Waals surface area contributed by atoms with Crippen LogP contribution in [0, 0.1) is 0 Å². The Labute approximate surface area is 243 Å². The Hall–Kier alpha value is -4.26. The van der Waals surface area contributed by atoms with E-state index in [9.17, 15) is 10.2 Å². The fraction of sp³-hybridized carbons (Fsp3) is 0.125. The Bertz CT molecular complexity index is 1450. The summed E-state index contributed by atoms with van der Waals surface area (Å²) in [6.45, 7) is 4.21. The normalized spacial score (nSPS) is 11.3. The van der Waals surface area contributed by atoms with Crippen molar-refractivity contribution < 1.29 is 19.7 Å². The summed E-state index contributed by atoms with van der Waals surface area (Å²) < 4.78 is 10.9. The lowest BCUT2D eigenvalue weighted by molar-refractivity contribution is 0.410. The Kier molecular flexibility index (Phi) is 9.48. The van der Waals surface area contributed by atoms with Crippen molar-refractivity contribution in [2.75, 3.05) is 14.2 Å². The van der Waals surface area contributed by atoms with Crippen LogP contribution in [0.3, 0.4) is 0 Å². The van der Waals surface area contributed by atoms with E-state index < -0.39 is 0 Å². The zero-order valence-corrected chi connectivity index (χ0v) is 23.6. The number of aliphatic imine (C=N–C) groups is 2. The van der Waals surface area contributed by atoms with Gasteiger partial charge in [0.15, 0.2) is 0 Å². The molecule has 0 heterocycles. The summed E-state index contributed by atoms with van der Waals surface area (Å²) in [5, 5.41) is 23.3. The molecule has 0 aliphatic carbocycles. The van der Waals surface area contributed by atoms with E-state index in [0.717, 1.165) is 5.57 Å². The molecule has 0 aromatic heterocycles. The third kappa shape index (κ3) is 7.44. The minimum Gasteiger partial charge on any atom is -0.507 e. The molecule has 4 aromatic rings. The number of aromatic hydroxyl groups is 2. The van der Waals surface area contributed by atoms with Gasteiger partial charge in [-0.25, -0.2) is 0 Å². The van der Waals surface area contributed by atoms with Gasteiger partial charge in [0.05, 0.1) is 25.6 Å². The third-order valence-electron chi connectivity index (χ3n) is 6.09. The summed E-state index contributed by atoms with van der Waals surface area (Å²) in [4.78, 5) is 8.88. The molecule has 0 radical (unpaired) electrons. The lowest BCUT2D eigenvalue weighted by Gasteiger charge is -2.14. The summed E-state index contributed by atoms with van der Waals surface area (Å²) in [7, 11) is 3.12. The van der Waals surface area contributed by atoms with Crippen molar-refractivity contribution in [3.05, 3.63) is 117 Å². The molecule has 0 amide bonds. The Morgan fingerprint density at radius 3 is 1.43 bits per heavy atom. The monoisotopic (exact) mass is 574 g/mol. The molecule has 40 heavy (non-hydrogen) atoms. The molecule has 0 fully saturated rings. The van der Waals surface area contributed by atoms with E-state index in [4.69, 9.17) is 32.7 Å². The van der Waals surface area contributed by atoms with Crippen LogP contribution in [0.2, 0.25) is 10.0 Å². The van der Waals surface area contributed by atoms with E-state index in [1.807, 2.05) is 0 Å². The smallest absolute Gasteiger partial charge is 0.128 e. The lowest BCUT2D eigenvalue weighted by atomic mass is 9.95. The molecule has 6 nitrogen and oxygen atoms in total. The molecular formula is C32H28Cl2N2O4. The van der Waals surface area contributed by atoms with Gasteiger partial charge in [-0.2, -0.15) is 0 Å². The van der Waals surface area contributed by atoms with Crippen LogP contribution in [0.4, 0.5) is 11.4 Å². The molecule has 0 spiro atoms. The van der Waals surface area contributed by atoms with Crippen LogP contribution in [0.5, 0.6) is 23.0 Å². The summed E-state index contributed by atoms with van der Waals surface area (Å²) in [5.41, 5.74) is 4.39. The van der Waals surface area contributed by atoms with Crippen molar-refractivity contribution in [1.82, 2.24) is 0 Å². The molecule has 2 N–H and O–H groups in total. The predicted octanol–water partition coefficient (Wildman–Crippen LogP) is 8.26. The highest BCUT2D eigenvalue weighted by Gasteiger charge is 2.15. The standard InChI is InChI=1S/C32H28Cl2N2O4/c1-20(12-21-14-29(39-2)16-23(31(21)37)18-35-27-8-4-25(33)5-9-27)13-22-15-30(40-3)17-24(32(22)38)19-36-28-10-6-26(34)7-11-28/h4-11,14-19,37-38H,1,12-13H2,2-3H3. The number of phenolic OH excluding ortho intramolecular Hbond substituents is 2. The van der Waals surface area contributed by atoms with E-state index in [1.165, 1.54) is 0 Å². The number of phenols is 2. The maximum absolute atomic E-state index is 11.0. The summed E-state index contributed by atoms with van der Waals surface area (Å²) in [5.74, 6) is 1.29. The highest BCUT2D eigenvalue weighted by atomic mass is 35.5. The molecule has 0 aliphatic rings. The average molecular weight is 575 g/mol. The topological polar surface area (TPSA) is 83.6 Å². The number of hydrogen-bond acceptors (Lipinski definition) is 6. The van der Waals surface area contributed by atoms with Gasteiger partial charge in [0.2, 0.25) is 0 Å². The fourth-order valence-corrected chi connectivity index (χ4v) is 4.28. The second kappa shape index (κ2) is 13.2. The van der Waals surface area contributed by atoms with Crippen LogP contribution in [0.1, 0.15) is 22.3 Å². The van der Waals surface area contributed by atoms with Crippen LogP contribution in [0.25, 0.3) is 0 Å². The number of hydrogen-bond donors (Lipinski definition) is 2. The van der Waals surface area contributed by atoms with Gasteiger partial charge in [-0.1, -0.05) is 35.4 Å². The molecular weight excluding hydrogens is 547 g/mol. The third-order valence-corrected chi connectivity index (χ3v) is 6.60. The van der Waals surface area contributed by atoms with Crippen molar-refractivity contribution >= 4 is 47.0 Å². The van der Waals surface area contributed by atoms with Gasteiger partial charge < -0.3 is 19.7 Å². The van der Waals surface area contributed by atoms with E-state index in [0.29, 0.717) is 68.0 Å². The minimum absolute atomic E-state index is 0.0744. The maximum atomic E-state index is 11.0. The number of methoxy groups -OCH3 is 2. The first-order chi connectivity index (χ1) is 19.2. The largest absolute Gasteiger partial charge is 0.507 e. The van der Waals surface area contributed by atoms with E-state index >= 15 is 0 Å². The van der Waals surface area contributed by atoms with Gasteiger partial charge >= 0.3 is 0 Å². The lowest BCUT2D eigenvalue weighted by Crippen LogP contribution is -2.00. The molecule has 4 rings (SSSR count). The number of allylic oxidation sites excluding steroid dienone is 1. The molecule has 0 bridgehead atoms. The van der Waals surface area contributed by atoms with E-state index in [2.05, 4.69) is 16.6 Å². The quantitative estimate of drug-likeness (QED) is 0.147. The molecule has 0 saturated heterocycles. The highest BCUT2D eigenvalue weighted by Crippen LogP contribution is 2.33. The van der Waals surface area contributed by atoms with Crippen molar-refractivity contribution in [3.8, 4) is 23.0 Å². The second-order valence-electron chi connectivity index (χ2n) is 9.02. The van der Waals surface area contributed by atoms with Crippen LogP contribution >= 0.6 is 23.2 Å². The van der Waals surface area contributed by atoms with Crippen LogP contribution in [0.15, 0.2) is 94.9 Å². The van der Waals surface area contributed by atoms with Crippen LogP contribution < -0.4 is 9.47 Å². The van der Waals surface area contributed by atoms with Gasteiger partial charge in [-0.05, 0) is 85.6 Å². The summed E-state index contributed by atoms with van der Waals surface area (Å²) in [6, 6.07) is 21.1. The molecule has 0 aliphatic heterocycles. The Balaban J connectivity index is 1.56. The zero-order valence-electron chi connectivity index (χ0n) is 22.1. The molecule has 4 aromatic carbocycles. The molecule has 204 valence electrons. The maximum Gasteiger partial charge on any atom is 0.128 e. The molecule has 0 unspecified atom stereocenters. The Morgan fingerprint density at radius 2 is 1.07 bits per heavy atom. The molecule has 0 atom stereocenters. The first-order valence-corrected chi connectivity index (χ1v) is 13.1. The van der Waals surface area contributed by atoms with Gasteiger partial charge in [-0.15, -0.1) is 0 Å². The van der Waals surface area contributed by atoms with Gasteiger partial charge in [0.1, 0.15) is 23.0 Å². The first-order valence-electron chi connectivity index (χ1n) is 12.3. The molecule has 8 heteroatoms. The highest BCUT2D eigenvalue weighted by molar-refractivity contribution is 6.30. The van der Waals surface area contributed by atoms with E-state index in [1.54, 1.807) is 99.4 Å². The number of benzene rings is 4. The molecule has 0 saturated carbocycles. The van der Waals surface area contributed by atoms with Crippen molar-refractivity contribution in [1.29, 1.82) is 0 Å². The number of ether oxygens (including phenoxy) is 2. The number of rotatable bonds is 10. The van der Waals surface area contributed by atoms with Crippen molar-refractivity contribution in [2.24, 2.45) is 9.98 Å². The minimum atomic E-state index is 0.0744. The summed E-state index contributed by atoms with van der Waals surface area (Å²) >= 11 is 11.9. The van der Waals surface area contributed by atoms with E-state index in [-0.39, 0.29) is 11.5 Å². The van der Waals surface area contributed by atoms with Crippen LogP contribution in [-0.2, 0) is 12.8 Å². The van der Waals surface area contributed by atoms with Crippen molar-refractivity contribution in [2.45, 2.75) is 12.8 Å². The first kappa shape index (κ1) is 28.7. The Morgan fingerprint density at radius 1 is 0.700 bits per heavy atom. The predicted molar refractivity (Wildman–Crippen MR) is 163 cm³/mol. The SMILES string of the molecule is C=C(Cc1cc(OC)cc(C=Nc2ccc(Cl)cc2)c1O)Cc1cc(OC)cc(C=Nc2ccc(Cl)cc2)c1O. The number of nitrogens with zero attached hydrogens (tertiary/aromatic N) is 2. The van der Waals surface area contributed by atoms with Gasteiger partial charge in [0, 0.05) is 44.7 Å². The second-order valence-corrected chi connectivity index (χ2v) is 9.89. The van der Waals surface area contributed by atoms with Crippen LogP contribution in [-0.4, -0.2) is 36.9 Å². The average Bonchev–Trinajstić information content (AvgIpc) is 2.95. The van der Waals surface area contributed by atoms with Crippen molar-refractivity contribution in [3.63, 3.8) is 0 Å². The summed E-state index contributed by atoms with van der Waals surface area (Å²) in [6.07, 6.45) is 3.84. The number of halogens is 2.